The van der Waals surface area contributed by atoms with Crippen LogP contribution < -0.4 is 0 Å². The highest BCUT2D eigenvalue weighted by molar-refractivity contribution is 8.00. The van der Waals surface area contributed by atoms with Crippen molar-refractivity contribution in [1.29, 1.82) is 0 Å². The fourth-order valence-electron chi connectivity index (χ4n) is 12.5. The summed E-state index contributed by atoms with van der Waals surface area (Å²) in [6.07, 6.45) is 0. The van der Waals surface area contributed by atoms with Crippen LogP contribution in [0.4, 0.5) is 0 Å². The van der Waals surface area contributed by atoms with Gasteiger partial charge in [0, 0.05) is 94.0 Å². The first-order chi connectivity index (χ1) is 38.7. The number of nitrogens with zero attached hydrogens (tertiary/aromatic N) is 6. The van der Waals surface area contributed by atoms with E-state index >= 15 is 0 Å². The maximum Gasteiger partial charge on any atom is 0.235 e. The Balaban J connectivity index is 0.000000122. The third kappa shape index (κ3) is 5.96. The number of aromatic nitrogens is 6. The first kappa shape index (κ1) is 42.9. The zero-order chi connectivity index (χ0) is 50.7. The highest BCUT2D eigenvalue weighted by Gasteiger charge is 2.27. The predicted octanol–water partition coefficient (Wildman–Crippen LogP) is 19.1. The zero-order valence-electron chi connectivity index (χ0n) is 41.1. The molecule has 2 aliphatic heterocycles. The molecule has 7 nitrogen and oxygen atoms in total. The number of hydrogen-bond acceptors (Lipinski definition) is 8. The highest BCUT2D eigenvalue weighted by atomic mass is 32.2. The highest BCUT2D eigenvalue weighted by Crippen LogP contribution is 2.50. The third-order valence-corrected chi connectivity index (χ3v) is 19.2. The van der Waals surface area contributed by atoms with Gasteiger partial charge in [0.15, 0.2) is 5.58 Å². The monoisotopic (exact) mass is 1050 g/mol. The number of rotatable bonds is 2. The lowest BCUT2D eigenvalue weighted by Crippen LogP contribution is -2.05. The van der Waals surface area contributed by atoms with Crippen LogP contribution in [-0.2, 0) is 0 Å². The number of furan rings is 1. The first-order valence-electron chi connectivity index (χ1n) is 25.9. The number of thiophene rings is 1. The fraction of sp³-hybridized carbons (Fsp3) is 0. The van der Waals surface area contributed by atoms with E-state index < -0.39 is 0 Å². The van der Waals surface area contributed by atoms with E-state index in [9.17, 15) is 0 Å². The molecule has 0 amide bonds. The average molecular weight is 1050 g/mol. The van der Waals surface area contributed by atoms with E-state index in [2.05, 4.69) is 215 Å². The normalized spacial score (nSPS) is 12.8. The topological polar surface area (TPSA) is 74.6 Å². The van der Waals surface area contributed by atoms with E-state index in [1.165, 1.54) is 66.9 Å². The summed E-state index contributed by atoms with van der Waals surface area (Å²) in [5.74, 6) is 1.36. The molecule has 0 bridgehead atoms. The summed E-state index contributed by atoms with van der Waals surface area (Å²) in [6, 6.07) is 77.4. The number of fused-ring (bicyclic) bond motifs is 20. The summed E-state index contributed by atoms with van der Waals surface area (Å²) >= 11 is 5.45. The van der Waals surface area contributed by atoms with Gasteiger partial charge in [0.05, 0.1) is 39.0 Å². The van der Waals surface area contributed by atoms with Crippen molar-refractivity contribution in [3.05, 3.63) is 218 Å². The second kappa shape index (κ2) is 16.1. The summed E-state index contributed by atoms with van der Waals surface area (Å²) < 4.78 is 13.6. The van der Waals surface area contributed by atoms with Crippen LogP contribution in [0.1, 0.15) is 0 Å². The lowest BCUT2D eigenvalue weighted by molar-refractivity contribution is 0.671. The second-order valence-electron chi connectivity index (χ2n) is 20.0. The van der Waals surface area contributed by atoms with E-state index in [1.807, 2.05) is 23.5 Å². The van der Waals surface area contributed by atoms with Crippen LogP contribution in [0.5, 0.6) is 0 Å². The standard InChI is InChI=1S/C36H19N3S2.C32H17N3OS/c1-4-12-26-22(8-1)32-20-17-19-31-33(23-9-2-5-13-28(23)40-31)21(20)16-18-27(32)39(26)36-37-25-11-7-15-30-34(25)35(38-36)24-10-3-6-14-29(24)41-30;1-4-12-24-18(8-1)20-16-17-21-19-9-2-5-13-25(19)36-31(21)30(20)35(24)32-33-23-11-7-15-27-28(23)29(34-32)22-10-3-6-14-26(22)37-27/h1-19H;1-17H. The van der Waals surface area contributed by atoms with Gasteiger partial charge in [-0.3, -0.25) is 9.13 Å². The molecule has 0 fully saturated rings. The van der Waals surface area contributed by atoms with E-state index in [0.29, 0.717) is 11.9 Å². The van der Waals surface area contributed by atoms with Gasteiger partial charge in [-0.15, -0.1) is 11.3 Å². The van der Waals surface area contributed by atoms with Gasteiger partial charge in [-0.1, -0.05) is 163 Å². The predicted molar refractivity (Wildman–Crippen MR) is 325 cm³/mol. The quantitative estimate of drug-likeness (QED) is 0.171. The maximum atomic E-state index is 6.51. The molecule has 0 saturated heterocycles. The first-order valence-corrected chi connectivity index (χ1v) is 28.4. The van der Waals surface area contributed by atoms with E-state index in [0.717, 1.165) is 93.5 Å². The maximum absolute atomic E-state index is 6.51. The van der Waals surface area contributed by atoms with Gasteiger partial charge in [-0.05, 0) is 89.6 Å². The Labute approximate surface area is 456 Å². The van der Waals surface area contributed by atoms with Gasteiger partial charge in [-0.25, -0.2) is 19.9 Å². The molecule has 0 spiro atoms. The SMILES string of the molecule is c1ccc2c(c1)Sc1cccc3nc(-n4c5ccccc5c5c6ccc7sc8ccccc8c7c6ccc54)nc-2c13.c1ccc2c(c1)Sc1cccc3nc(-n4c5ccccc5c5ccc6c7ccccc7oc6c54)nc-2c13. The molecule has 0 radical (unpaired) electrons. The second-order valence-corrected chi connectivity index (χ2v) is 23.2. The largest absolute Gasteiger partial charge is 0.454 e. The van der Waals surface area contributed by atoms with Gasteiger partial charge in [0.2, 0.25) is 11.9 Å². The van der Waals surface area contributed by atoms with Gasteiger partial charge >= 0.3 is 0 Å². The molecule has 0 saturated carbocycles. The van der Waals surface area contributed by atoms with Crippen molar-refractivity contribution >= 4 is 153 Å². The smallest absolute Gasteiger partial charge is 0.235 e. The van der Waals surface area contributed by atoms with Crippen molar-refractivity contribution in [2.75, 3.05) is 0 Å². The molecule has 17 aromatic rings. The summed E-state index contributed by atoms with van der Waals surface area (Å²) in [7, 11) is 0. The molecule has 8 heterocycles. The molecule has 6 aromatic heterocycles. The minimum atomic E-state index is 0.653. The molecule has 2 aliphatic rings. The van der Waals surface area contributed by atoms with Crippen molar-refractivity contribution in [1.82, 2.24) is 29.1 Å². The Morgan fingerprint density at radius 1 is 0.321 bits per heavy atom. The average Bonchev–Trinajstić information content (AvgIpc) is 4.36. The van der Waals surface area contributed by atoms with Crippen molar-refractivity contribution in [3.8, 4) is 34.4 Å². The lowest BCUT2D eigenvalue weighted by Gasteiger charge is -2.20. The van der Waals surface area contributed by atoms with E-state index in [4.69, 9.17) is 24.4 Å². The third-order valence-electron chi connectivity index (χ3n) is 15.8. The molecule has 0 N–H and O–H groups in total. The molecular formula is C68H36N6OS3. The van der Waals surface area contributed by atoms with Crippen molar-refractivity contribution in [2.24, 2.45) is 0 Å². The fourth-order valence-corrected chi connectivity index (χ4v) is 15.9. The van der Waals surface area contributed by atoms with Gasteiger partial charge in [0.1, 0.15) is 11.1 Å². The van der Waals surface area contributed by atoms with E-state index in [-0.39, 0.29) is 0 Å². The number of hydrogen-bond donors (Lipinski definition) is 0. The van der Waals surface area contributed by atoms with Crippen LogP contribution >= 0.6 is 34.9 Å². The summed E-state index contributed by atoms with van der Waals surface area (Å²) in [5.41, 5.74) is 12.3. The number of para-hydroxylation sites is 3. The Morgan fingerprint density at radius 2 is 0.859 bits per heavy atom. The lowest BCUT2D eigenvalue weighted by atomic mass is 9.99. The van der Waals surface area contributed by atoms with Crippen molar-refractivity contribution in [3.63, 3.8) is 0 Å². The summed E-state index contributed by atoms with van der Waals surface area (Å²) in [5, 5.41) is 14.4. The molecular weight excluding hydrogens is 1010 g/mol. The zero-order valence-corrected chi connectivity index (χ0v) is 43.6. The van der Waals surface area contributed by atoms with Crippen LogP contribution in [-0.4, -0.2) is 29.1 Å². The Morgan fingerprint density at radius 3 is 1.59 bits per heavy atom. The summed E-state index contributed by atoms with van der Waals surface area (Å²) in [6.45, 7) is 0. The molecule has 0 aliphatic carbocycles. The Bertz CT molecular complexity index is 5500. The molecule has 11 aromatic carbocycles. The molecule has 19 rings (SSSR count). The van der Waals surface area contributed by atoms with Gasteiger partial charge in [-0.2, -0.15) is 0 Å². The minimum Gasteiger partial charge on any atom is -0.454 e. The van der Waals surface area contributed by atoms with Crippen LogP contribution in [0, 0.1) is 0 Å². The Kier molecular flexibility index (Phi) is 8.85. The van der Waals surface area contributed by atoms with Crippen molar-refractivity contribution in [2.45, 2.75) is 19.6 Å². The Hall–Kier alpha value is -9.32. The molecule has 0 atom stereocenters. The van der Waals surface area contributed by atoms with Crippen LogP contribution in [0.15, 0.2) is 242 Å². The summed E-state index contributed by atoms with van der Waals surface area (Å²) in [4.78, 5) is 25.8. The van der Waals surface area contributed by atoms with Gasteiger partial charge < -0.3 is 4.42 Å². The van der Waals surface area contributed by atoms with Gasteiger partial charge in [0.25, 0.3) is 0 Å². The van der Waals surface area contributed by atoms with Crippen LogP contribution in [0.2, 0.25) is 0 Å². The van der Waals surface area contributed by atoms with Crippen LogP contribution in [0.3, 0.4) is 0 Å². The molecule has 10 heteroatoms. The molecule has 0 unspecified atom stereocenters. The molecule has 78 heavy (non-hydrogen) atoms. The molecule has 362 valence electrons. The van der Waals surface area contributed by atoms with Crippen molar-refractivity contribution < 1.29 is 4.42 Å². The minimum absolute atomic E-state index is 0.653. The number of benzene rings is 11. The van der Waals surface area contributed by atoms with E-state index in [1.54, 1.807) is 23.5 Å². The van der Waals surface area contributed by atoms with Crippen LogP contribution in [0.25, 0.3) is 153 Å².